The number of sulfonamides is 1. The molecule has 2 rings (SSSR count). The fraction of sp³-hybridized carbons (Fsp3) is 0.300. The number of hydrazone groups is 1. The van der Waals surface area contributed by atoms with Crippen LogP contribution in [0.1, 0.15) is 31.4 Å². The zero-order valence-corrected chi connectivity index (χ0v) is 20.7. The second-order valence-corrected chi connectivity index (χ2v) is 10.6. The number of aromatic hydroxyl groups is 1. The molecule has 0 unspecified atom stereocenters. The fourth-order valence-corrected chi connectivity index (χ4v) is 4.99. The summed E-state index contributed by atoms with van der Waals surface area (Å²) in [6.07, 6.45) is 1.70. The molecule has 3 N–H and O–H groups in total. The predicted octanol–water partition coefficient (Wildman–Crippen LogP) is 4.07. The first-order chi connectivity index (χ1) is 14.0. The molecule has 0 radical (unpaired) electrons. The van der Waals surface area contributed by atoms with E-state index >= 15 is 0 Å². The molecule has 162 valence electrons. The predicted molar refractivity (Wildman–Crippen MR) is 124 cm³/mol. The van der Waals surface area contributed by atoms with Crippen LogP contribution in [0.15, 0.2) is 55.3 Å². The molecule has 0 aromatic heterocycles. The molecule has 2 aromatic carbocycles. The molecule has 10 heteroatoms. The molecule has 0 heterocycles. The summed E-state index contributed by atoms with van der Waals surface area (Å²) in [5.41, 5.74) is 3.94. The average Bonchev–Trinajstić information content (AvgIpc) is 2.65. The van der Waals surface area contributed by atoms with Crippen LogP contribution < -0.4 is 10.1 Å². The Labute approximate surface area is 193 Å². The molecule has 1 amide bonds. The fourth-order valence-electron chi connectivity index (χ4n) is 2.56. The van der Waals surface area contributed by atoms with Gasteiger partial charge in [-0.1, -0.05) is 31.5 Å². The highest BCUT2D eigenvalue weighted by Gasteiger charge is 2.26. The van der Waals surface area contributed by atoms with Crippen molar-refractivity contribution in [3.8, 4) is 5.75 Å². The number of hydrogen-bond acceptors (Lipinski definition) is 5. The van der Waals surface area contributed by atoms with E-state index in [1.54, 1.807) is 24.3 Å². The van der Waals surface area contributed by atoms with Crippen LogP contribution in [0, 0.1) is 12.8 Å². The Hall–Kier alpha value is -1.75. The number of carbonyl (C=O) groups is 1. The minimum absolute atomic E-state index is 0.0543. The maximum Gasteiger partial charge on any atom is 0.258 e. The number of hydrogen-bond donors (Lipinski definition) is 3. The Kier molecular flexibility index (Phi) is 8.60. The summed E-state index contributed by atoms with van der Waals surface area (Å²) in [6, 6.07) is 8.67. The van der Waals surface area contributed by atoms with Crippen LogP contribution in [0.25, 0.3) is 0 Å². The van der Waals surface area contributed by atoms with Gasteiger partial charge in [-0.2, -0.15) is 9.82 Å². The number of halogens is 2. The number of phenolic OH excluding ortho intramolecular Hbond substituents is 1. The third-order valence-electron chi connectivity index (χ3n) is 4.08. The third kappa shape index (κ3) is 6.90. The Morgan fingerprint density at radius 1 is 1.17 bits per heavy atom. The van der Waals surface area contributed by atoms with E-state index in [0.29, 0.717) is 20.9 Å². The zero-order chi connectivity index (χ0) is 22.5. The van der Waals surface area contributed by atoms with Crippen LogP contribution in [0.3, 0.4) is 0 Å². The number of nitrogens with zero attached hydrogens (tertiary/aromatic N) is 1. The van der Waals surface area contributed by atoms with Gasteiger partial charge in [0.1, 0.15) is 11.8 Å². The van der Waals surface area contributed by atoms with Crippen molar-refractivity contribution in [1.82, 2.24) is 10.1 Å². The molecule has 0 aliphatic heterocycles. The molecular weight excluding hydrogens is 538 g/mol. The summed E-state index contributed by atoms with van der Waals surface area (Å²) in [5.74, 6) is -0.430. The van der Waals surface area contributed by atoms with Crippen molar-refractivity contribution >= 4 is 54.0 Å². The first-order valence-electron chi connectivity index (χ1n) is 9.09. The van der Waals surface area contributed by atoms with Crippen LogP contribution in [-0.4, -0.2) is 31.7 Å². The van der Waals surface area contributed by atoms with E-state index < -0.39 is 22.0 Å². The Bertz CT molecular complexity index is 1020. The van der Waals surface area contributed by atoms with Crippen molar-refractivity contribution in [2.75, 3.05) is 0 Å². The van der Waals surface area contributed by atoms with Gasteiger partial charge in [-0.05, 0) is 81.0 Å². The van der Waals surface area contributed by atoms with Gasteiger partial charge in [-0.15, -0.1) is 0 Å². The molecule has 1 atom stereocenters. The molecule has 30 heavy (non-hydrogen) atoms. The lowest BCUT2D eigenvalue weighted by molar-refractivity contribution is -0.123. The van der Waals surface area contributed by atoms with E-state index in [9.17, 15) is 18.3 Å². The van der Waals surface area contributed by atoms with Gasteiger partial charge in [0.15, 0.2) is 0 Å². The van der Waals surface area contributed by atoms with Gasteiger partial charge in [0.25, 0.3) is 5.91 Å². The van der Waals surface area contributed by atoms with Crippen molar-refractivity contribution in [1.29, 1.82) is 0 Å². The summed E-state index contributed by atoms with van der Waals surface area (Å²) < 4.78 is 28.8. The highest BCUT2D eigenvalue weighted by atomic mass is 79.9. The smallest absolute Gasteiger partial charge is 0.258 e. The van der Waals surface area contributed by atoms with Gasteiger partial charge in [-0.3, -0.25) is 4.79 Å². The van der Waals surface area contributed by atoms with Crippen LogP contribution in [0.4, 0.5) is 0 Å². The number of aryl methyl sites for hydroxylation is 1. The quantitative estimate of drug-likeness (QED) is 0.334. The maximum atomic E-state index is 12.7. The second kappa shape index (κ2) is 10.5. The Morgan fingerprint density at radius 2 is 1.73 bits per heavy atom. The first-order valence-corrected chi connectivity index (χ1v) is 12.2. The van der Waals surface area contributed by atoms with E-state index in [4.69, 9.17) is 0 Å². The molecular formula is C20H23Br2N3O4S. The number of carbonyl (C=O) groups excluding carboxylic acids is 1. The van der Waals surface area contributed by atoms with Crippen molar-refractivity contribution < 1.29 is 18.3 Å². The molecule has 0 aliphatic rings. The third-order valence-corrected chi connectivity index (χ3v) is 6.78. The number of phenols is 1. The molecule has 0 saturated carbocycles. The topological polar surface area (TPSA) is 108 Å². The Balaban J connectivity index is 2.14. The lowest BCUT2D eigenvalue weighted by Gasteiger charge is -2.19. The number of rotatable bonds is 8. The minimum atomic E-state index is -3.86. The summed E-state index contributed by atoms with van der Waals surface area (Å²) >= 11 is 6.44. The lowest BCUT2D eigenvalue weighted by Crippen LogP contribution is -2.46. The van der Waals surface area contributed by atoms with Crippen molar-refractivity contribution in [2.45, 2.75) is 38.1 Å². The van der Waals surface area contributed by atoms with E-state index in [2.05, 4.69) is 47.1 Å². The maximum absolute atomic E-state index is 12.7. The average molecular weight is 561 g/mol. The number of benzene rings is 2. The SMILES string of the molecule is Cc1ccc(S(=O)(=O)N[C@H](CC(C)C)C(=O)N/N=C\c2cc(Br)c(O)c(Br)c2)cc1. The summed E-state index contributed by atoms with van der Waals surface area (Å²) in [7, 11) is -3.86. The van der Waals surface area contributed by atoms with E-state index in [1.165, 1.54) is 18.3 Å². The zero-order valence-electron chi connectivity index (χ0n) is 16.7. The molecule has 2 aromatic rings. The van der Waals surface area contributed by atoms with Crippen LogP contribution in [-0.2, 0) is 14.8 Å². The van der Waals surface area contributed by atoms with Crippen molar-refractivity contribution in [2.24, 2.45) is 11.0 Å². The molecule has 7 nitrogen and oxygen atoms in total. The first kappa shape index (κ1) is 24.5. The van der Waals surface area contributed by atoms with Crippen molar-refractivity contribution in [3.05, 3.63) is 56.5 Å². The molecule has 0 saturated heterocycles. The summed E-state index contributed by atoms with van der Waals surface area (Å²) in [5, 5.41) is 13.7. The molecule has 0 aliphatic carbocycles. The van der Waals surface area contributed by atoms with Crippen molar-refractivity contribution in [3.63, 3.8) is 0 Å². The van der Waals surface area contributed by atoms with Gasteiger partial charge in [0.05, 0.1) is 20.1 Å². The van der Waals surface area contributed by atoms with E-state index in [1.807, 2.05) is 20.8 Å². The van der Waals surface area contributed by atoms with Crippen LogP contribution >= 0.6 is 31.9 Å². The van der Waals surface area contributed by atoms with Crippen LogP contribution in [0.2, 0.25) is 0 Å². The van der Waals surface area contributed by atoms with Gasteiger partial charge >= 0.3 is 0 Å². The van der Waals surface area contributed by atoms with Gasteiger partial charge < -0.3 is 5.11 Å². The standard InChI is InChI=1S/C20H23Br2N3O4S/c1-12(2)8-18(25-30(28,29)15-6-4-13(3)5-7-15)20(27)24-23-11-14-9-16(21)19(26)17(22)10-14/h4-7,9-12,18,25-26H,8H2,1-3H3,(H,24,27)/b23-11-/t18-/m1/s1. The molecule has 0 spiro atoms. The second-order valence-electron chi connectivity index (χ2n) is 7.18. The van der Waals surface area contributed by atoms with E-state index in [-0.39, 0.29) is 16.6 Å². The van der Waals surface area contributed by atoms with Gasteiger partial charge in [0, 0.05) is 0 Å². The minimum Gasteiger partial charge on any atom is -0.506 e. The Morgan fingerprint density at radius 3 is 2.27 bits per heavy atom. The lowest BCUT2D eigenvalue weighted by atomic mass is 10.0. The summed E-state index contributed by atoms with van der Waals surface area (Å²) in [4.78, 5) is 12.7. The highest BCUT2D eigenvalue weighted by molar-refractivity contribution is 9.11. The summed E-state index contributed by atoms with van der Waals surface area (Å²) in [6.45, 7) is 5.66. The molecule has 0 fully saturated rings. The van der Waals surface area contributed by atoms with Crippen LogP contribution in [0.5, 0.6) is 5.75 Å². The van der Waals surface area contributed by atoms with Gasteiger partial charge in [0.2, 0.25) is 10.0 Å². The van der Waals surface area contributed by atoms with Gasteiger partial charge in [-0.25, -0.2) is 13.8 Å². The van der Waals surface area contributed by atoms with E-state index in [0.717, 1.165) is 5.56 Å². The molecule has 0 bridgehead atoms. The largest absolute Gasteiger partial charge is 0.506 e. The number of nitrogens with one attached hydrogen (secondary N) is 2. The normalized spacial score (nSPS) is 13.0. The number of amides is 1. The monoisotopic (exact) mass is 559 g/mol. The highest BCUT2D eigenvalue weighted by Crippen LogP contribution is 2.32.